The van der Waals surface area contributed by atoms with E-state index in [2.05, 4.69) is 138 Å². The number of thiazole rings is 1. The molecule has 0 aliphatic rings. The lowest BCUT2D eigenvalue weighted by molar-refractivity contribution is 1.30. The highest BCUT2D eigenvalue weighted by Crippen LogP contribution is 2.49. The molecule has 42 heavy (non-hydrogen) atoms. The second-order valence-electron chi connectivity index (χ2n) is 10.4. The molecule has 9 rings (SSSR count). The number of anilines is 3. The topological polar surface area (TPSA) is 16.1 Å². The van der Waals surface area contributed by atoms with Gasteiger partial charge in [0.15, 0.2) is 0 Å². The molecule has 0 aliphatic carbocycles. The number of fused-ring (bicyclic) bond motifs is 8. The summed E-state index contributed by atoms with van der Waals surface area (Å²) < 4.78 is 6.43. The van der Waals surface area contributed by atoms with E-state index in [9.17, 15) is 0 Å². The third-order valence-electron chi connectivity index (χ3n) is 7.88. The first kappa shape index (κ1) is 24.1. The molecule has 6 aromatic carbocycles. The summed E-state index contributed by atoms with van der Waals surface area (Å²) in [5.41, 5.74) is 5.55. The van der Waals surface area contributed by atoms with Gasteiger partial charge in [0.25, 0.3) is 0 Å². The number of rotatable bonds is 4. The highest BCUT2D eigenvalue weighted by molar-refractivity contribution is 7.28. The molecule has 0 unspecified atom stereocenters. The zero-order valence-corrected chi connectivity index (χ0v) is 24.8. The monoisotopic (exact) mass is 590 g/mol. The van der Waals surface area contributed by atoms with Crippen molar-refractivity contribution in [1.29, 1.82) is 0 Å². The SMILES string of the molecule is c1ccc(-c2nc3c(N(c4ccccc4)c4ccc5c(c4)sc4ccccc45)cc4sc5ccccc5c4c3s2)cc1. The Balaban J connectivity index is 1.37. The van der Waals surface area contributed by atoms with E-state index in [0.29, 0.717) is 0 Å². The smallest absolute Gasteiger partial charge is 0.124 e. The van der Waals surface area contributed by atoms with Gasteiger partial charge in [0, 0.05) is 57.3 Å². The summed E-state index contributed by atoms with van der Waals surface area (Å²) in [5.74, 6) is 0. The number of hydrogen-bond donors (Lipinski definition) is 0. The van der Waals surface area contributed by atoms with Crippen molar-refractivity contribution < 1.29 is 0 Å². The van der Waals surface area contributed by atoms with Crippen LogP contribution in [0.3, 0.4) is 0 Å². The lowest BCUT2D eigenvalue weighted by Crippen LogP contribution is -2.10. The fourth-order valence-corrected chi connectivity index (χ4v) is 9.49. The molecule has 9 aromatic rings. The van der Waals surface area contributed by atoms with Gasteiger partial charge in [0.05, 0.1) is 10.4 Å². The number of thiophene rings is 2. The summed E-state index contributed by atoms with van der Waals surface area (Å²) in [4.78, 5) is 7.77. The molecule has 3 aromatic heterocycles. The molecular formula is C37H22N2S3. The first-order valence-corrected chi connectivity index (χ1v) is 16.3. The van der Waals surface area contributed by atoms with Crippen LogP contribution in [0.5, 0.6) is 0 Å². The van der Waals surface area contributed by atoms with Gasteiger partial charge in [-0.25, -0.2) is 4.98 Å². The van der Waals surface area contributed by atoms with Gasteiger partial charge in [-0.2, -0.15) is 0 Å². The molecule has 0 atom stereocenters. The molecule has 198 valence electrons. The van der Waals surface area contributed by atoms with E-state index in [4.69, 9.17) is 4.98 Å². The number of para-hydroxylation sites is 1. The Morgan fingerprint density at radius 1 is 0.476 bits per heavy atom. The minimum atomic E-state index is 1.04. The Bertz CT molecular complexity index is 2420. The lowest BCUT2D eigenvalue weighted by atomic mass is 10.1. The Hall–Kier alpha value is -4.55. The molecule has 0 aliphatic heterocycles. The molecule has 0 radical (unpaired) electrons. The van der Waals surface area contributed by atoms with Crippen LogP contribution >= 0.6 is 34.0 Å². The van der Waals surface area contributed by atoms with Crippen LogP contribution in [0, 0.1) is 0 Å². The van der Waals surface area contributed by atoms with Gasteiger partial charge in [-0.1, -0.05) is 91.0 Å². The molecule has 0 fully saturated rings. The van der Waals surface area contributed by atoms with Gasteiger partial charge >= 0.3 is 0 Å². The zero-order chi connectivity index (χ0) is 27.6. The van der Waals surface area contributed by atoms with Crippen molar-refractivity contribution in [2.24, 2.45) is 0 Å². The molecular weight excluding hydrogens is 569 g/mol. The normalized spacial score (nSPS) is 11.8. The van der Waals surface area contributed by atoms with Crippen LogP contribution in [0.2, 0.25) is 0 Å². The van der Waals surface area contributed by atoms with Crippen LogP contribution in [-0.4, -0.2) is 4.98 Å². The summed E-state index contributed by atoms with van der Waals surface area (Å²) in [6, 6.07) is 48.0. The highest BCUT2D eigenvalue weighted by Gasteiger charge is 2.23. The number of benzene rings is 6. The van der Waals surface area contributed by atoms with E-state index in [0.717, 1.165) is 33.1 Å². The van der Waals surface area contributed by atoms with Crippen LogP contribution < -0.4 is 4.90 Å². The van der Waals surface area contributed by atoms with Crippen molar-refractivity contribution in [2.45, 2.75) is 0 Å². The van der Waals surface area contributed by atoms with Gasteiger partial charge in [-0.3, -0.25) is 0 Å². The maximum absolute atomic E-state index is 5.37. The second-order valence-corrected chi connectivity index (χ2v) is 13.5. The molecule has 0 bridgehead atoms. The van der Waals surface area contributed by atoms with Crippen LogP contribution in [0.4, 0.5) is 17.1 Å². The van der Waals surface area contributed by atoms with Gasteiger partial charge in [0.1, 0.15) is 10.5 Å². The van der Waals surface area contributed by atoms with Crippen molar-refractivity contribution in [1.82, 2.24) is 4.98 Å². The number of hydrogen-bond acceptors (Lipinski definition) is 5. The summed E-state index contributed by atoms with van der Waals surface area (Å²) in [5, 5.41) is 6.27. The lowest BCUT2D eigenvalue weighted by Gasteiger charge is -2.26. The molecule has 0 saturated heterocycles. The van der Waals surface area contributed by atoms with E-state index in [-0.39, 0.29) is 0 Å². The predicted octanol–water partition coefficient (Wildman–Crippen LogP) is 12.2. The largest absolute Gasteiger partial charge is 0.308 e. The van der Waals surface area contributed by atoms with E-state index >= 15 is 0 Å². The minimum Gasteiger partial charge on any atom is -0.308 e. The molecule has 0 spiro atoms. The summed E-state index contributed by atoms with van der Waals surface area (Å²) >= 11 is 5.52. The van der Waals surface area contributed by atoms with Crippen LogP contribution in [0.1, 0.15) is 0 Å². The Labute approximate surface area is 254 Å². The van der Waals surface area contributed by atoms with Gasteiger partial charge in [-0.05, 0) is 42.5 Å². The fraction of sp³-hybridized carbons (Fsp3) is 0. The molecule has 5 heteroatoms. The highest BCUT2D eigenvalue weighted by atomic mass is 32.1. The maximum atomic E-state index is 5.37. The van der Waals surface area contributed by atoms with E-state index in [1.165, 1.54) is 45.0 Å². The van der Waals surface area contributed by atoms with Crippen molar-refractivity contribution in [3.05, 3.63) is 133 Å². The first-order valence-electron chi connectivity index (χ1n) is 13.9. The van der Waals surface area contributed by atoms with E-state index in [1.54, 1.807) is 11.3 Å². The minimum absolute atomic E-state index is 1.04. The van der Waals surface area contributed by atoms with Crippen molar-refractivity contribution in [3.8, 4) is 10.6 Å². The summed E-state index contributed by atoms with van der Waals surface area (Å²) in [7, 11) is 0. The van der Waals surface area contributed by atoms with Crippen molar-refractivity contribution >= 4 is 102 Å². The van der Waals surface area contributed by atoms with Crippen LogP contribution in [0.15, 0.2) is 133 Å². The molecule has 2 nitrogen and oxygen atoms in total. The van der Waals surface area contributed by atoms with Gasteiger partial charge in [-0.15, -0.1) is 34.0 Å². The molecule has 0 N–H and O–H groups in total. The number of aromatic nitrogens is 1. The Morgan fingerprint density at radius 2 is 1.12 bits per heavy atom. The summed E-state index contributed by atoms with van der Waals surface area (Å²) in [6.45, 7) is 0. The average molecular weight is 591 g/mol. The van der Waals surface area contributed by atoms with Crippen LogP contribution in [0.25, 0.3) is 61.1 Å². The Morgan fingerprint density at radius 3 is 1.93 bits per heavy atom. The molecule has 0 saturated carbocycles. The van der Waals surface area contributed by atoms with Gasteiger partial charge < -0.3 is 4.90 Å². The quantitative estimate of drug-likeness (QED) is 0.203. The maximum Gasteiger partial charge on any atom is 0.124 e. The van der Waals surface area contributed by atoms with E-state index in [1.807, 2.05) is 22.7 Å². The fourth-order valence-electron chi connectivity index (χ4n) is 5.99. The standard InChI is InChI=1S/C37H22N2S3/c1-3-11-23(12-4-1)37-38-35-29(22-33-34(36(35)42-37)28-16-8-10-18-31(28)41-33)39(24-13-5-2-6-14-24)25-19-20-27-26-15-7-9-17-30(26)40-32(27)21-25/h1-22H. The second kappa shape index (κ2) is 9.50. The Kier molecular flexibility index (Phi) is 5.45. The third-order valence-corrected chi connectivity index (χ3v) is 11.3. The zero-order valence-electron chi connectivity index (χ0n) is 22.3. The van der Waals surface area contributed by atoms with Gasteiger partial charge in [0.2, 0.25) is 0 Å². The first-order chi connectivity index (χ1) is 20.8. The molecule has 0 amide bonds. The third kappa shape index (κ3) is 3.71. The molecule has 3 heterocycles. The number of nitrogens with zero attached hydrogens (tertiary/aromatic N) is 2. The predicted molar refractivity (Wildman–Crippen MR) is 186 cm³/mol. The van der Waals surface area contributed by atoms with Crippen molar-refractivity contribution in [3.63, 3.8) is 0 Å². The van der Waals surface area contributed by atoms with Crippen molar-refractivity contribution in [2.75, 3.05) is 4.90 Å². The average Bonchev–Trinajstić information content (AvgIpc) is 3.75. The van der Waals surface area contributed by atoms with E-state index < -0.39 is 0 Å². The summed E-state index contributed by atoms with van der Waals surface area (Å²) in [6.07, 6.45) is 0. The van der Waals surface area contributed by atoms with Crippen LogP contribution in [-0.2, 0) is 0 Å².